The molecule has 167 valence electrons. The van der Waals surface area contributed by atoms with Gasteiger partial charge in [0.1, 0.15) is 0 Å². The van der Waals surface area contributed by atoms with Crippen LogP contribution in [-0.4, -0.2) is 84.0 Å². The third kappa shape index (κ3) is 5.66. The van der Waals surface area contributed by atoms with Crippen molar-refractivity contribution in [3.63, 3.8) is 0 Å². The predicted molar refractivity (Wildman–Crippen MR) is 126 cm³/mol. The average Bonchev–Trinajstić information content (AvgIpc) is 2.85. The number of rotatable bonds is 2. The van der Waals surface area contributed by atoms with E-state index >= 15 is 0 Å². The van der Waals surface area contributed by atoms with E-state index in [0.717, 1.165) is 51.4 Å². The third-order valence-electron chi connectivity index (χ3n) is 6.57. The Balaban J connectivity index is 0.00000272. The van der Waals surface area contributed by atoms with Crippen LogP contribution in [0.3, 0.4) is 0 Å². The second-order valence-corrected chi connectivity index (χ2v) is 9.94. The maximum atomic E-state index is 7.20. The van der Waals surface area contributed by atoms with Crippen molar-refractivity contribution in [3.8, 4) is 0 Å². The van der Waals surface area contributed by atoms with E-state index in [2.05, 4.69) is 88.3 Å². The minimum atomic E-state index is -1.00. The summed E-state index contributed by atoms with van der Waals surface area (Å²) >= 11 is 14.4. The maximum Gasteiger partial charge on any atom is 2.00 e. The molecule has 4 rings (SSSR count). The number of halogens is 2. The van der Waals surface area contributed by atoms with E-state index in [1.54, 1.807) is 0 Å². The van der Waals surface area contributed by atoms with Crippen LogP contribution in [0.1, 0.15) is 23.2 Å². The van der Waals surface area contributed by atoms with E-state index in [9.17, 15) is 0 Å². The van der Waals surface area contributed by atoms with Crippen molar-refractivity contribution < 1.29 is 17.1 Å². The zero-order valence-corrected chi connectivity index (χ0v) is 21.0. The zero-order chi connectivity index (χ0) is 21.1. The molecule has 2 bridgehead atoms. The van der Waals surface area contributed by atoms with E-state index in [1.165, 1.54) is 5.56 Å². The molecule has 0 aromatic heterocycles. The van der Waals surface area contributed by atoms with Crippen LogP contribution >= 0.6 is 23.2 Å². The van der Waals surface area contributed by atoms with Crippen molar-refractivity contribution in [3.05, 3.63) is 71.8 Å². The van der Waals surface area contributed by atoms with Crippen molar-refractivity contribution in [2.75, 3.05) is 59.9 Å². The minimum absolute atomic E-state index is 0. The summed E-state index contributed by atoms with van der Waals surface area (Å²) in [5.41, 5.74) is 2.54. The molecule has 2 fully saturated rings. The molecule has 0 N–H and O–H groups in total. The molecular weight excluding hydrogens is 470 g/mol. The molecule has 0 aliphatic carbocycles. The van der Waals surface area contributed by atoms with Gasteiger partial charge in [0.2, 0.25) is 0 Å². The van der Waals surface area contributed by atoms with Gasteiger partial charge in [-0.15, -0.1) is 0 Å². The summed E-state index contributed by atoms with van der Waals surface area (Å²) in [5, 5.41) is 0. The average molecular weight is 502 g/mol. The Morgan fingerprint density at radius 3 is 1.94 bits per heavy atom. The smallest absolute Gasteiger partial charge is 0.303 e. The first-order valence-electron chi connectivity index (χ1n) is 10.8. The van der Waals surface area contributed by atoms with E-state index in [1.807, 2.05) is 6.07 Å². The predicted octanol–water partition coefficient (Wildman–Crippen LogP) is 4.09. The second-order valence-electron chi connectivity index (χ2n) is 8.59. The summed E-state index contributed by atoms with van der Waals surface area (Å²) in [6.45, 7) is 6.46. The van der Waals surface area contributed by atoms with Gasteiger partial charge in [0.15, 0.2) is 4.46 Å². The molecule has 4 atom stereocenters. The summed E-state index contributed by atoms with van der Waals surface area (Å²) in [5.74, 6) is 0. The zero-order valence-electron chi connectivity index (χ0n) is 18.3. The molecule has 2 aromatic carbocycles. The van der Waals surface area contributed by atoms with E-state index < -0.39 is 4.46 Å². The molecule has 4 unspecified atom stereocenters. The number of benzene rings is 2. The van der Waals surface area contributed by atoms with Crippen LogP contribution < -0.4 is 0 Å². The number of hydrogen-bond acceptors (Lipinski definition) is 4. The molecule has 2 aromatic rings. The first-order chi connectivity index (χ1) is 14.5. The van der Waals surface area contributed by atoms with Crippen LogP contribution in [-0.2, 0) is 17.1 Å². The van der Waals surface area contributed by atoms with Crippen molar-refractivity contribution in [1.29, 1.82) is 0 Å². The molecule has 0 saturated carbocycles. The summed E-state index contributed by atoms with van der Waals surface area (Å²) in [6, 6.07) is 21.6. The Bertz CT molecular complexity index is 808. The Hall–Kier alpha value is -0.621. The van der Waals surface area contributed by atoms with Gasteiger partial charge >= 0.3 is 17.1 Å². The van der Waals surface area contributed by atoms with Gasteiger partial charge in [-0.2, -0.15) is 0 Å². The standard InChI is InChI=1S/C24H32Cl2N4.Mn/c1-27-13-17-30-18-16-29(22(19-27)20-9-5-3-6-10-20)15-14-28(2)23(24(30,25)26)21-11-7-4-8-12-21;/h3-12,22-23H,13-19H2,1-2H3;/q;+2. The molecular formula is C24H32Cl2MnN4+2. The Morgan fingerprint density at radius 2 is 1.29 bits per heavy atom. The van der Waals surface area contributed by atoms with Crippen LogP contribution in [0.25, 0.3) is 0 Å². The van der Waals surface area contributed by atoms with E-state index in [0.29, 0.717) is 6.04 Å². The number of likely N-dealkylation sites (N-methyl/N-ethyl adjacent to an activating group) is 2. The fraction of sp³-hybridized carbons (Fsp3) is 0.500. The van der Waals surface area contributed by atoms with Gasteiger partial charge in [-0.3, -0.25) is 14.7 Å². The van der Waals surface area contributed by atoms with Crippen LogP contribution in [0.4, 0.5) is 0 Å². The van der Waals surface area contributed by atoms with Gasteiger partial charge in [-0.05, 0) is 25.2 Å². The summed E-state index contributed by atoms with van der Waals surface area (Å²) in [7, 11) is 4.35. The van der Waals surface area contributed by atoms with Crippen LogP contribution in [0.5, 0.6) is 0 Å². The van der Waals surface area contributed by atoms with E-state index in [4.69, 9.17) is 23.2 Å². The maximum absolute atomic E-state index is 7.20. The molecule has 1 radical (unpaired) electrons. The van der Waals surface area contributed by atoms with Gasteiger partial charge in [-0.1, -0.05) is 83.9 Å². The van der Waals surface area contributed by atoms with Gasteiger partial charge in [0.05, 0.1) is 6.04 Å². The third-order valence-corrected chi connectivity index (χ3v) is 7.46. The SMILES string of the molecule is CN1CCN2CCN(CCN(C)C(c3ccccc3)C2(Cl)Cl)C(c2ccccc2)C1.[Mn+2]. The molecule has 4 nitrogen and oxygen atoms in total. The Morgan fingerprint density at radius 1 is 0.742 bits per heavy atom. The van der Waals surface area contributed by atoms with Gasteiger partial charge in [0, 0.05) is 51.9 Å². The van der Waals surface area contributed by atoms with Gasteiger partial charge < -0.3 is 4.90 Å². The monoisotopic (exact) mass is 501 g/mol. The molecule has 0 amide bonds. The van der Waals surface area contributed by atoms with Crippen LogP contribution in [0.2, 0.25) is 0 Å². The number of alkyl halides is 2. The van der Waals surface area contributed by atoms with Crippen LogP contribution in [0.15, 0.2) is 60.7 Å². The Labute approximate surface area is 207 Å². The topological polar surface area (TPSA) is 13.0 Å². The van der Waals surface area contributed by atoms with Crippen molar-refractivity contribution in [2.45, 2.75) is 16.5 Å². The molecule has 2 aliphatic heterocycles. The van der Waals surface area contributed by atoms with Crippen molar-refractivity contribution in [1.82, 2.24) is 19.6 Å². The fourth-order valence-electron chi connectivity index (χ4n) is 4.81. The second kappa shape index (κ2) is 11.0. The van der Waals surface area contributed by atoms with Gasteiger partial charge in [-0.25, -0.2) is 0 Å². The number of nitrogens with zero attached hydrogens (tertiary/aromatic N) is 4. The summed E-state index contributed by atoms with van der Waals surface area (Å²) in [6.07, 6.45) is 0. The quantitative estimate of drug-likeness (QED) is 0.349. The minimum Gasteiger partial charge on any atom is -0.303 e. The summed E-state index contributed by atoms with van der Waals surface area (Å²) < 4.78 is -1.00. The first kappa shape index (κ1) is 25.0. The first-order valence-corrected chi connectivity index (χ1v) is 11.6. The van der Waals surface area contributed by atoms with Crippen molar-refractivity contribution >= 4 is 23.2 Å². The number of fused-ring (bicyclic) bond motifs is 3. The normalized spacial score (nSPS) is 30.1. The fourth-order valence-corrected chi connectivity index (χ4v) is 5.73. The Kier molecular flexibility index (Phi) is 8.87. The van der Waals surface area contributed by atoms with E-state index in [-0.39, 0.29) is 23.1 Å². The molecule has 2 saturated heterocycles. The molecule has 2 aliphatic rings. The summed E-state index contributed by atoms with van der Waals surface area (Å²) in [4.78, 5) is 9.62. The molecule has 0 spiro atoms. The number of hydrogen-bond donors (Lipinski definition) is 0. The molecule has 2 heterocycles. The van der Waals surface area contributed by atoms with Crippen LogP contribution in [0, 0.1) is 0 Å². The largest absolute Gasteiger partial charge is 2.00 e. The molecule has 31 heavy (non-hydrogen) atoms. The van der Waals surface area contributed by atoms with Gasteiger partial charge in [0.25, 0.3) is 0 Å². The molecule has 7 heteroatoms. The van der Waals surface area contributed by atoms with Crippen molar-refractivity contribution in [2.24, 2.45) is 0 Å².